The van der Waals surface area contributed by atoms with Gasteiger partial charge in [-0.3, -0.25) is 5.10 Å². The van der Waals surface area contributed by atoms with Crippen molar-refractivity contribution in [2.75, 3.05) is 12.3 Å². The number of H-pyrrole nitrogens is 1. The van der Waals surface area contributed by atoms with Crippen molar-refractivity contribution in [1.29, 1.82) is 0 Å². The van der Waals surface area contributed by atoms with E-state index in [0.717, 1.165) is 16.8 Å². The first kappa shape index (κ1) is 17.7. The summed E-state index contributed by atoms with van der Waals surface area (Å²) in [6.07, 6.45) is 1.80. The predicted octanol–water partition coefficient (Wildman–Crippen LogP) is 2.41. The first-order chi connectivity index (χ1) is 10.8. The van der Waals surface area contributed by atoms with Crippen LogP contribution < -0.4 is 5.32 Å². The third-order valence-electron chi connectivity index (χ3n) is 3.60. The highest BCUT2D eigenvalue weighted by Gasteiger charge is 2.19. The molecule has 0 aliphatic heterocycles. The lowest BCUT2D eigenvalue weighted by Gasteiger charge is -2.18. The van der Waals surface area contributed by atoms with Gasteiger partial charge in [-0.2, -0.15) is 5.10 Å². The SMILES string of the molecule is CC(C)(C)c1[nH]ncc1CNCCS(=O)(=O)Cc1ccccc1. The fourth-order valence-corrected chi connectivity index (χ4v) is 3.75. The number of aromatic nitrogens is 2. The molecule has 1 aromatic heterocycles. The molecule has 23 heavy (non-hydrogen) atoms. The van der Waals surface area contributed by atoms with E-state index in [2.05, 4.69) is 36.3 Å². The Hall–Kier alpha value is -1.66. The van der Waals surface area contributed by atoms with E-state index in [1.807, 2.05) is 30.3 Å². The molecule has 1 aromatic carbocycles. The van der Waals surface area contributed by atoms with Crippen LogP contribution in [-0.2, 0) is 27.5 Å². The highest BCUT2D eigenvalue weighted by molar-refractivity contribution is 7.90. The summed E-state index contributed by atoms with van der Waals surface area (Å²) < 4.78 is 24.3. The van der Waals surface area contributed by atoms with Crippen LogP contribution >= 0.6 is 0 Å². The minimum absolute atomic E-state index is 0.00704. The van der Waals surface area contributed by atoms with Crippen LogP contribution in [0.25, 0.3) is 0 Å². The minimum Gasteiger partial charge on any atom is -0.312 e. The third kappa shape index (κ3) is 5.48. The molecule has 126 valence electrons. The molecule has 0 unspecified atom stereocenters. The second-order valence-corrected chi connectivity index (χ2v) is 8.96. The summed E-state index contributed by atoms with van der Waals surface area (Å²) in [6.45, 7) is 7.41. The van der Waals surface area contributed by atoms with Gasteiger partial charge in [0.25, 0.3) is 0 Å². The summed E-state index contributed by atoms with van der Waals surface area (Å²) in [5.41, 5.74) is 2.99. The van der Waals surface area contributed by atoms with Gasteiger partial charge in [0, 0.05) is 29.8 Å². The number of benzene rings is 1. The van der Waals surface area contributed by atoms with Crippen LogP contribution in [0, 0.1) is 0 Å². The fourth-order valence-electron chi connectivity index (χ4n) is 2.45. The van der Waals surface area contributed by atoms with Crippen molar-refractivity contribution in [3.05, 3.63) is 53.3 Å². The lowest BCUT2D eigenvalue weighted by molar-refractivity contribution is 0.554. The molecular weight excluding hydrogens is 310 g/mol. The van der Waals surface area contributed by atoms with E-state index in [1.165, 1.54) is 0 Å². The first-order valence-corrected chi connectivity index (χ1v) is 9.58. The molecule has 0 saturated carbocycles. The van der Waals surface area contributed by atoms with Crippen molar-refractivity contribution in [2.24, 2.45) is 0 Å². The van der Waals surface area contributed by atoms with Gasteiger partial charge in [-0.25, -0.2) is 8.42 Å². The number of nitrogens with zero attached hydrogens (tertiary/aromatic N) is 1. The summed E-state index contributed by atoms with van der Waals surface area (Å²) in [6, 6.07) is 9.28. The maximum Gasteiger partial charge on any atom is 0.155 e. The predicted molar refractivity (Wildman–Crippen MR) is 92.9 cm³/mol. The van der Waals surface area contributed by atoms with E-state index in [-0.39, 0.29) is 16.9 Å². The molecule has 2 rings (SSSR count). The van der Waals surface area contributed by atoms with Crippen LogP contribution in [0.3, 0.4) is 0 Å². The quantitative estimate of drug-likeness (QED) is 0.762. The summed E-state index contributed by atoms with van der Waals surface area (Å²) in [5.74, 6) is 0.221. The van der Waals surface area contributed by atoms with Gasteiger partial charge in [-0.15, -0.1) is 0 Å². The maximum absolute atomic E-state index is 12.1. The summed E-state index contributed by atoms with van der Waals surface area (Å²) in [7, 11) is -3.10. The Bertz CT molecular complexity index is 716. The van der Waals surface area contributed by atoms with Crippen LogP contribution in [0.2, 0.25) is 0 Å². The van der Waals surface area contributed by atoms with Crippen molar-refractivity contribution in [3.63, 3.8) is 0 Å². The second kappa shape index (κ2) is 7.27. The molecule has 5 nitrogen and oxygen atoms in total. The van der Waals surface area contributed by atoms with Gasteiger partial charge in [0.05, 0.1) is 17.7 Å². The molecule has 2 N–H and O–H groups in total. The highest BCUT2D eigenvalue weighted by atomic mass is 32.2. The largest absolute Gasteiger partial charge is 0.312 e. The molecule has 0 aliphatic carbocycles. The Labute approximate surface area is 138 Å². The van der Waals surface area contributed by atoms with Gasteiger partial charge in [-0.1, -0.05) is 51.1 Å². The summed E-state index contributed by atoms with van der Waals surface area (Å²) >= 11 is 0. The molecule has 2 aromatic rings. The highest BCUT2D eigenvalue weighted by Crippen LogP contribution is 2.23. The van der Waals surface area contributed by atoms with E-state index >= 15 is 0 Å². The molecule has 6 heteroatoms. The maximum atomic E-state index is 12.1. The Balaban J connectivity index is 1.82. The van der Waals surface area contributed by atoms with Crippen molar-refractivity contribution in [2.45, 2.75) is 38.5 Å². The van der Waals surface area contributed by atoms with Crippen LogP contribution in [0.5, 0.6) is 0 Å². The number of rotatable bonds is 7. The molecule has 1 heterocycles. The molecule has 0 aliphatic rings. The summed E-state index contributed by atoms with van der Waals surface area (Å²) in [4.78, 5) is 0. The zero-order chi connectivity index (χ0) is 16.9. The van der Waals surface area contributed by atoms with Crippen molar-refractivity contribution >= 4 is 9.84 Å². The molecule has 0 bridgehead atoms. The third-order valence-corrected chi connectivity index (χ3v) is 5.20. The average Bonchev–Trinajstić information content (AvgIpc) is 2.93. The monoisotopic (exact) mass is 335 g/mol. The van der Waals surface area contributed by atoms with Crippen LogP contribution in [-0.4, -0.2) is 30.9 Å². The standard InChI is InChI=1S/C17H25N3O2S/c1-17(2,3)16-15(12-19-20-16)11-18-9-10-23(21,22)13-14-7-5-4-6-8-14/h4-8,12,18H,9-11,13H2,1-3H3,(H,19,20). The van der Waals surface area contributed by atoms with Crippen molar-refractivity contribution in [3.8, 4) is 0 Å². The molecule has 0 atom stereocenters. The molecule has 0 radical (unpaired) electrons. The fraction of sp³-hybridized carbons (Fsp3) is 0.471. The normalized spacial score (nSPS) is 12.5. The van der Waals surface area contributed by atoms with Crippen molar-refractivity contribution < 1.29 is 8.42 Å². The second-order valence-electron chi connectivity index (χ2n) is 6.77. The lowest BCUT2D eigenvalue weighted by Crippen LogP contribution is -2.25. The van der Waals surface area contributed by atoms with Gasteiger partial charge in [0.2, 0.25) is 0 Å². The molecular formula is C17H25N3O2S. The Morgan fingerprint density at radius 1 is 1.17 bits per heavy atom. The van der Waals surface area contributed by atoms with E-state index in [1.54, 1.807) is 6.20 Å². The number of hydrogen-bond acceptors (Lipinski definition) is 4. The number of sulfone groups is 1. The zero-order valence-electron chi connectivity index (χ0n) is 14.0. The number of aromatic amines is 1. The van der Waals surface area contributed by atoms with Gasteiger partial charge in [0.1, 0.15) is 0 Å². The van der Waals surface area contributed by atoms with Gasteiger partial charge in [0.15, 0.2) is 9.84 Å². The topological polar surface area (TPSA) is 74.8 Å². The van der Waals surface area contributed by atoms with E-state index in [9.17, 15) is 8.42 Å². The molecule has 0 saturated heterocycles. The zero-order valence-corrected chi connectivity index (χ0v) is 14.8. The van der Waals surface area contributed by atoms with Gasteiger partial charge >= 0.3 is 0 Å². The smallest absolute Gasteiger partial charge is 0.155 e. The lowest BCUT2D eigenvalue weighted by atomic mass is 9.89. The van der Waals surface area contributed by atoms with Crippen LogP contribution in [0.15, 0.2) is 36.5 Å². The van der Waals surface area contributed by atoms with Crippen LogP contribution in [0.4, 0.5) is 0 Å². The van der Waals surface area contributed by atoms with E-state index in [4.69, 9.17) is 0 Å². The minimum atomic E-state index is -3.10. The average molecular weight is 335 g/mol. The van der Waals surface area contributed by atoms with Crippen LogP contribution in [0.1, 0.15) is 37.6 Å². The van der Waals surface area contributed by atoms with E-state index < -0.39 is 9.84 Å². The Morgan fingerprint density at radius 2 is 1.87 bits per heavy atom. The van der Waals surface area contributed by atoms with Crippen molar-refractivity contribution in [1.82, 2.24) is 15.5 Å². The Kier molecular flexibility index (Phi) is 5.59. The number of nitrogens with one attached hydrogen (secondary N) is 2. The van der Waals surface area contributed by atoms with Gasteiger partial charge in [-0.05, 0) is 5.56 Å². The number of hydrogen-bond donors (Lipinski definition) is 2. The Morgan fingerprint density at radius 3 is 2.52 bits per heavy atom. The first-order valence-electron chi connectivity index (χ1n) is 7.76. The molecule has 0 fully saturated rings. The van der Waals surface area contributed by atoms with E-state index in [0.29, 0.717) is 13.1 Å². The molecule has 0 amide bonds. The summed E-state index contributed by atoms with van der Waals surface area (Å²) in [5, 5.41) is 10.3. The van der Waals surface area contributed by atoms with Gasteiger partial charge < -0.3 is 5.32 Å². The molecule has 0 spiro atoms.